The van der Waals surface area contributed by atoms with Gasteiger partial charge in [-0.3, -0.25) is 0 Å². The minimum Gasteiger partial charge on any atom is -0.344 e. The smallest absolute Gasteiger partial charge is 0.169 e. The number of unbranched alkanes of at least 4 members (excludes halogenated alkanes) is 17. The first kappa shape index (κ1) is 39.3. The van der Waals surface area contributed by atoms with E-state index in [4.69, 9.17) is 9.47 Å². The summed E-state index contributed by atoms with van der Waals surface area (Å²) in [5, 5.41) is 0. The molecule has 1 saturated heterocycles. The van der Waals surface area contributed by atoms with Gasteiger partial charge in [0.25, 0.3) is 0 Å². The van der Waals surface area contributed by atoms with E-state index in [0.717, 1.165) is 25.2 Å². The second-order valence-electron chi connectivity index (χ2n) is 14.5. The molecule has 256 valence electrons. The van der Waals surface area contributed by atoms with E-state index in [-0.39, 0.29) is 5.79 Å². The predicted octanol–water partition coefficient (Wildman–Crippen LogP) is 14.1. The Bertz CT molecular complexity index is 709. The SMILES string of the molecule is CCCCC/C=C\C/C=C\CCCCCCCCC1(CCCCCCCCC(C)C/C=C\CCCCC)OC2CCCC2O1. The van der Waals surface area contributed by atoms with Crippen molar-refractivity contribution in [3.63, 3.8) is 0 Å². The van der Waals surface area contributed by atoms with Gasteiger partial charge >= 0.3 is 0 Å². The zero-order valence-corrected chi connectivity index (χ0v) is 30.0. The molecule has 1 saturated carbocycles. The van der Waals surface area contributed by atoms with Gasteiger partial charge in [0.2, 0.25) is 0 Å². The molecule has 0 spiro atoms. The molecule has 0 bridgehead atoms. The highest BCUT2D eigenvalue weighted by Crippen LogP contribution is 2.43. The number of ether oxygens (including phenoxy) is 2. The summed E-state index contributed by atoms with van der Waals surface area (Å²) in [5.41, 5.74) is 0. The van der Waals surface area contributed by atoms with Crippen molar-refractivity contribution in [1.82, 2.24) is 0 Å². The number of rotatable bonds is 30. The van der Waals surface area contributed by atoms with Crippen LogP contribution in [0.2, 0.25) is 0 Å². The molecule has 3 unspecified atom stereocenters. The number of hydrogen-bond donors (Lipinski definition) is 0. The maximum absolute atomic E-state index is 6.69. The molecule has 2 nitrogen and oxygen atoms in total. The fourth-order valence-electron chi connectivity index (χ4n) is 7.16. The topological polar surface area (TPSA) is 18.5 Å². The van der Waals surface area contributed by atoms with Crippen LogP contribution in [0.15, 0.2) is 36.5 Å². The van der Waals surface area contributed by atoms with E-state index < -0.39 is 0 Å². The Hall–Kier alpha value is -0.860. The molecule has 0 aromatic heterocycles. The molecule has 2 fully saturated rings. The Kier molecular flexibility index (Phi) is 24.4. The summed E-state index contributed by atoms with van der Waals surface area (Å²) in [7, 11) is 0. The third kappa shape index (κ3) is 19.6. The van der Waals surface area contributed by atoms with Crippen molar-refractivity contribution < 1.29 is 9.47 Å². The lowest BCUT2D eigenvalue weighted by molar-refractivity contribution is -0.190. The van der Waals surface area contributed by atoms with E-state index in [9.17, 15) is 0 Å². The predicted molar refractivity (Wildman–Crippen MR) is 194 cm³/mol. The lowest BCUT2D eigenvalue weighted by Crippen LogP contribution is -2.31. The molecule has 0 aromatic rings. The van der Waals surface area contributed by atoms with Crippen molar-refractivity contribution in [2.45, 2.75) is 225 Å². The van der Waals surface area contributed by atoms with Crippen LogP contribution in [0.5, 0.6) is 0 Å². The molecule has 0 radical (unpaired) electrons. The number of allylic oxidation sites excluding steroid dienone is 6. The normalized spacial score (nSPS) is 22.7. The Labute approximate surface area is 276 Å². The van der Waals surface area contributed by atoms with Crippen LogP contribution in [0.4, 0.5) is 0 Å². The van der Waals surface area contributed by atoms with Gasteiger partial charge in [0.05, 0.1) is 12.2 Å². The van der Waals surface area contributed by atoms with Crippen LogP contribution in [-0.2, 0) is 9.47 Å². The van der Waals surface area contributed by atoms with Gasteiger partial charge in [0.1, 0.15) is 0 Å². The number of hydrogen-bond acceptors (Lipinski definition) is 2. The Balaban J connectivity index is 1.48. The third-order valence-corrected chi connectivity index (χ3v) is 10.1. The van der Waals surface area contributed by atoms with Crippen LogP contribution >= 0.6 is 0 Å². The molecule has 3 atom stereocenters. The van der Waals surface area contributed by atoms with E-state index in [2.05, 4.69) is 57.2 Å². The average molecular weight is 613 g/mol. The van der Waals surface area contributed by atoms with Gasteiger partial charge in [-0.15, -0.1) is 0 Å². The standard InChI is InChI=1S/C42H76O2/c1-4-6-8-10-12-13-14-15-16-17-18-19-20-22-26-30-37-42(43-40-35-32-36-41(40)44-42)38-31-27-23-21-25-29-34-39(3)33-28-24-11-9-7-5-2/h12-13,15-16,24,28,39-41H,4-11,14,17-23,25-27,29-38H2,1-3H3/b13-12-,16-15-,28-24-. The molecule has 2 heteroatoms. The molecule has 44 heavy (non-hydrogen) atoms. The molecular formula is C42H76O2. The summed E-state index contributed by atoms with van der Waals surface area (Å²) < 4.78 is 13.4. The molecule has 0 aromatic carbocycles. The van der Waals surface area contributed by atoms with Gasteiger partial charge in [-0.2, -0.15) is 0 Å². The lowest BCUT2D eigenvalue weighted by Gasteiger charge is -2.29. The van der Waals surface area contributed by atoms with E-state index in [1.807, 2.05) is 0 Å². The zero-order chi connectivity index (χ0) is 31.4. The Morgan fingerprint density at radius 3 is 1.55 bits per heavy atom. The summed E-state index contributed by atoms with van der Waals surface area (Å²) in [6, 6.07) is 0. The first-order valence-electron chi connectivity index (χ1n) is 20.0. The summed E-state index contributed by atoms with van der Waals surface area (Å²) >= 11 is 0. The van der Waals surface area contributed by atoms with Crippen LogP contribution in [0.25, 0.3) is 0 Å². The van der Waals surface area contributed by atoms with Crippen molar-refractivity contribution in [3.8, 4) is 0 Å². The highest BCUT2D eigenvalue weighted by Gasteiger charge is 2.48. The molecular weight excluding hydrogens is 536 g/mol. The Morgan fingerprint density at radius 1 is 0.545 bits per heavy atom. The van der Waals surface area contributed by atoms with E-state index in [0.29, 0.717) is 12.2 Å². The maximum Gasteiger partial charge on any atom is 0.169 e. The summed E-state index contributed by atoms with van der Waals surface area (Å²) in [6.07, 6.45) is 52.8. The van der Waals surface area contributed by atoms with Gasteiger partial charge in [0.15, 0.2) is 5.79 Å². The van der Waals surface area contributed by atoms with E-state index >= 15 is 0 Å². The van der Waals surface area contributed by atoms with Gasteiger partial charge in [-0.05, 0) is 89.4 Å². The van der Waals surface area contributed by atoms with E-state index in [1.54, 1.807) is 0 Å². The monoisotopic (exact) mass is 613 g/mol. The van der Waals surface area contributed by atoms with Crippen molar-refractivity contribution in [1.29, 1.82) is 0 Å². The van der Waals surface area contributed by atoms with Crippen LogP contribution in [0.3, 0.4) is 0 Å². The summed E-state index contributed by atoms with van der Waals surface area (Å²) in [5.74, 6) is 0.581. The second-order valence-corrected chi connectivity index (χ2v) is 14.5. The fourth-order valence-corrected chi connectivity index (χ4v) is 7.16. The van der Waals surface area contributed by atoms with Gasteiger partial charge in [-0.1, -0.05) is 147 Å². The van der Waals surface area contributed by atoms with Crippen LogP contribution in [0, 0.1) is 5.92 Å². The average Bonchev–Trinajstić information content (AvgIpc) is 3.60. The van der Waals surface area contributed by atoms with Crippen molar-refractivity contribution in [3.05, 3.63) is 36.5 Å². The second kappa shape index (κ2) is 27.3. The van der Waals surface area contributed by atoms with Crippen LogP contribution < -0.4 is 0 Å². The van der Waals surface area contributed by atoms with Gasteiger partial charge in [0, 0.05) is 12.8 Å². The minimum atomic E-state index is -0.259. The van der Waals surface area contributed by atoms with Crippen molar-refractivity contribution in [2.75, 3.05) is 0 Å². The molecule has 2 aliphatic rings. The molecule has 1 aliphatic carbocycles. The third-order valence-electron chi connectivity index (χ3n) is 10.1. The molecule has 1 aliphatic heterocycles. The first-order chi connectivity index (χ1) is 21.7. The largest absolute Gasteiger partial charge is 0.344 e. The van der Waals surface area contributed by atoms with Gasteiger partial charge < -0.3 is 9.47 Å². The highest BCUT2D eigenvalue weighted by atomic mass is 16.8. The van der Waals surface area contributed by atoms with Crippen molar-refractivity contribution >= 4 is 0 Å². The molecule has 0 amide bonds. The van der Waals surface area contributed by atoms with Crippen LogP contribution in [-0.4, -0.2) is 18.0 Å². The van der Waals surface area contributed by atoms with Gasteiger partial charge in [-0.25, -0.2) is 0 Å². The van der Waals surface area contributed by atoms with Crippen LogP contribution in [0.1, 0.15) is 207 Å². The number of fused-ring (bicyclic) bond motifs is 1. The molecule has 1 heterocycles. The summed E-state index contributed by atoms with van der Waals surface area (Å²) in [6.45, 7) is 6.99. The minimum absolute atomic E-state index is 0.259. The molecule has 2 rings (SSSR count). The van der Waals surface area contributed by atoms with E-state index in [1.165, 1.54) is 167 Å². The zero-order valence-electron chi connectivity index (χ0n) is 30.0. The fraction of sp³-hybridized carbons (Fsp3) is 0.857. The van der Waals surface area contributed by atoms with Crippen molar-refractivity contribution in [2.24, 2.45) is 5.92 Å². The lowest BCUT2D eigenvalue weighted by atomic mass is 9.97. The Morgan fingerprint density at radius 2 is 1.00 bits per heavy atom. The first-order valence-corrected chi connectivity index (χ1v) is 20.0. The quantitative estimate of drug-likeness (QED) is 0.0593. The highest BCUT2D eigenvalue weighted by molar-refractivity contribution is 4.93. The molecule has 0 N–H and O–H groups in total. The maximum atomic E-state index is 6.69. The summed E-state index contributed by atoms with van der Waals surface area (Å²) in [4.78, 5) is 0.